The number of nitrogens with zero attached hydrogens (tertiary/aromatic N) is 1. The molecule has 0 bridgehead atoms. The van der Waals surface area contributed by atoms with E-state index in [1.54, 1.807) is 12.4 Å². The smallest absolute Gasteiger partial charge is 0.225 e. The summed E-state index contributed by atoms with van der Waals surface area (Å²) in [7, 11) is 0. The molecular formula is C12H22N4O. The van der Waals surface area contributed by atoms with Crippen molar-refractivity contribution in [3.8, 4) is 0 Å². The number of nitrogens with one attached hydrogen (secondary N) is 2. The van der Waals surface area contributed by atoms with E-state index in [-0.39, 0.29) is 23.8 Å². The van der Waals surface area contributed by atoms with Crippen LogP contribution in [0, 0.1) is 11.8 Å². The molecule has 0 spiro atoms. The number of amides is 1. The predicted octanol–water partition coefficient (Wildman–Crippen LogP) is 1.21. The van der Waals surface area contributed by atoms with E-state index in [0.717, 1.165) is 12.2 Å². The lowest BCUT2D eigenvalue weighted by Gasteiger charge is -2.22. The van der Waals surface area contributed by atoms with Crippen LogP contribution < -0.4 is 11.1 Å². The number of carbonyl (C=O) groups is 1. The number of H-pyrrole nitrogens is 1. The van der Waals surface area contributed by atoms with Gasteiger partial charge in [0.05, 0.1) is 12.0 Å². The summed E-state index contributed by atoms with van der Waals surface area (Å²) in [6.07, 6.45) is 4.24. The summed E-state index contributed by atoms with van der Waals surface area (Å²) < 4.78 is 0. The first-order chi connectivity index (χ1) is 8.10. The summed E-state index contributed by atoms with van der Waals surface area (Å²) in [5.41, 5.74) is 5.63. The fraction of sp³-hybridized carbons (Fsp3) is 0.667. The molecule has 1 rings (SSSR count). The maximum absolute atomic E-state index is 12.0. The van der Waals surface area contributed by atoms with Gasteiger partial charge in [-0.2, -0.15) is 0 Å². The minimum atomic E-state index is -0.140. The number of imidazole rings is 1. The van der Waals surface area contributed by atoms with Crippen LogP contribution in [-0.4, -0.2) is 22.4 Å². The summed E-state index contributed by atoms with van der Waals surface area (Å²) in [6.45, 7) is 6.40. The Morgan fingerprint density at radius 3 is 2.71 bits per heavy atom. The molecule has 0 radical (unpaired) electrons. The molecule has 2 atom stereocenters. The molecule has 5 nitrogen and oxygen atoms in total. The Morgan fingerprint density at radius 2 is 2.29 bits per heavy atom. The van der Waals surface area contributed by atoms with E-state index < -0.39 is 0 Å². The zero-order chi connectivity index (χ0) is 12.8. The SMILES string of the molecule is CCC(NC(=O)C(CN)C(C)C)c1ncc[nH]1. The van der Waals surface area contributed by atoms with Gasteiger partial charge in [0.2, 0.25) is 5.91 Å². The number of nitrogens with two attached hydrogens (primary N) is 1. The normalized spacial score (nSPS) is 14.6. The Hall–Kier alpha value is -1.36. The molecule has 0 saturated heterocycles. The van der Waals surface area contributed by atoms with E-state index in [1.165, 1.54) is 0 Å². The Bertz CT molecular complexity index is 334. The second-order valence-electron chi connectivity index (χ2n) is 4.53. The lowest BCUT2D eigenvalue weighted by molar-refractivity contribution is -0.126. The topological polar surface area (TPSA) is 83.8 Å². The van der Waals surface area contributed by atoms with E-state index in [9.17, 15) is 4.79 Å². The molecule has 1 amide bonds. The summed E-state index contributed by atoms with van der Waals surface area (Å²) in [5, 5.41) is 2.99. The first-order valence-electron chi connectivity index (χ1n) is 6.09. The fourth-order valence-corrected chi connectivity index (χ4v) is 1.79. The third kappa shape index (κ3) is 3.56. The number of aromatic amines is 1. The van der Waals surface area contributed by atoms with Gasteiger partial charge in [0, 0.05) is 18.9 Å². The maximum atomic E-state index is 12.0. The van der Waals surface area contributed by atoms with Crippen LogP contribution in [0.15, 0.2) is 12.4 Å². The van der Waals surface area contributed by atoms with Gasteiger partial charge >= 0.3 is 0 Å². The van der Waals surface area contributed by atoms with Crippen LogP contribution >= 0.6 is 0 Å². The Kier molecular flexibility index (Phi) is 5.15. The summed E-state index contributed by atoms with van der Waals surface area (Å²) in [6, 6.07) is -0.0645. The van der Waals surface area contributed by atoms with Crippen molar-refractivity contribution in [2.24, 2.45) is 17.6 Å². The largest absolute Gasteiger partial charge is 0.347 e. The molecule has 0 aliphatic carbocycles. The molecule has 4 N–H and O–H groups in total. The maximum Gasteiger partial charge on any atom is 0.225 e. The monoisotopic (exact) mass is 238 g/mol. The third-order valence-corrected chi connectivity index (χ3v) is 2.97. The predicted molar refractivity (Wildman–Crippen MR) is 67.1 cm³/mol. The second kappa shape index (κ2) is 6.39. The number of hydrogen-bond acceptors (Lipinski definition) is 3. The molecule has 2 unspecified atom stereocenters. The van der Waals surface area contributed by atoms with Crippen LogP contribution in [0.25, 0.3) is 0 Å². The fourth-order valence-electron chi connectivity index (χ4n) is 1.79. The van der Waals surface area contributed by atoms with E-state index in [1.807, 2.05) is 20.8 Å². The van der Waals surface area contributed by atoms with Crippen LogP contribution in [-0.2, 0) is 4.79 Å². The zero-order valence-corrected chi connectivity index (χ0v) is 10.7. The lowest BCUT2D eigenvalue weighted by atomic mass is 9.94. The van der Waals surface area contributed by atoms with E-state index in [4.69, 9.17) is 5.73 Å². The Morgan fingerprint density at radius 1 is 1.59 bits per heavy atom. The van der Waals surface area contributed by atoms with Crippen molar-refractivity contribution in [1.29, 1.82) is 0 Å². The Labute approximate surface area is 102 Å². The van der Waals surface area contributed by atoms with Crippen molar-refractivity contribution < 1.29 is 4.79 Å². The molecular weight excluding hydrogens is 216 g/mol. The van der Waals surface area contributed by atoms with Gasteiger partial charge in [-0.25, -0.2) is 4.98 Å². The lowest BCUT2D eigenvalue weighted by Crippen LogP contribution is -2.40. The first-order valence-corrected chi connectivity index (χ1v) is 6.09. The van der Waals surface area contributed by atoms with Gasteiger partial charge in [-0.05, 0) is 12.3 Å². The minimum Gasteiger partial charge on any atom is -0.347 e. The zero-order valence-electron chi connectivity index (χ0n) is 10.7. The van der Waals surface area contributed by atoms with Crippen molar-refractivity contribution >= 4 is 5.91 Å². The van der Waals surface area contributed by atoms with Crippen molar-refractivity contribution in [2.75, 3.05) is 6.54 Å². The van der Waals surface area contributed by atoms with Gasteiger partial charge in [0.1, 0.15) is 5.82 Å². The number of hydrogen-bond donors (Lipinski definition) is 3. The van der Waals surface area contributed by atoms with Crippen molar-refractivity contribution in [2.45, 2.75) is 33.2 Å². The minimum absolute atomic E-state index is 0.00532. The highest BCUT2D eigenvalue weighted by Gasteiger charge is 2.23. The van der Waals surface area contributed by atoms with Crippen LogP contribution in [0.3, 0.4) is 0 Å². The molecule has 17 heavy (non-hydrogen) atoms. The van der Waals surface area contributed by atoms with E-state index in [0.29, 0.717) is 6.54 Å². The van der Waals surface area contributed by atoms with Gasteiger partial charge in [0.15, 0.2) is 0 Å². The number of carbonyl (C=O) groups excluding carboxylic acids is 1. The average molecular weight is 238 g/mol. The molecule has 1 aromatic rings. The van der Waals surface area contributed by atoms with Crippen LogP contribution in [0.2, 0.25) is 0 Å². The third-order valence-electron chi connectivity index (χ3n) is 2.97. The summed E-state index contributed by atoms with van der Waals surface area (Å²) in [5.74, 6) is 0.902. The van der Waals surface area contributed by atoms with Crippen molar-refractivity contribution in [3.05, 3.63) is 18.2 Å². The van der Waals surface area contributed by atoms with Gasteiger partial charge in [0.25, 0.3) is 0 Å². The van der Waals surface area contributed by atoms with E-state index >= 15 is 0 Å². The quantitative estimate of drug-likeness (QED) is 0.696. The van der Waals surface area contributed by atoms with Gasteiger partial charge in [-0.3, -0.25) is 4.79 Å². The van der Waals surface area contributed by atoms with Crippen LogP contribution in [0.5, 0.6) is 0 Å². The molecule has 0 fully saturated rings. The molecule has 1 heterocycles. The highest BCUT2D eigenvalue weighted by Crippen LogP contribution is 2.15. The standard InChI is InChI=1S/C12H22N4O/c1-4-10(11-14-5-6-15-11)16-12(17)9(7-13)8(2)3/h5-6,8-10H,4,7,13H2,1-3H3,(H,14,15)(H,16,17). The molecule has 0 aliphatic rings. The number of rotatable bonds is 6. The van der Waals surface area contributed by atoms with Crippen molar-refractivity contribution in [1.82, 2.24) is 15.3 Å². The second-order valence-corrected chi connectivity index (χ2v) is 4.53. The summed E-state index contributed by atoms with van der Waals surface area (Å²) >= 11 is 0. The number of aromatic nitrogens is 2. The van der Waals surface area contributed by atoms with E-state index in [2.05, 4.69) is 15.3 Å². The van der Waals surface area contributed by atoms with Crippen LogP contribution in [0.1, 0.15) is 39.1 Å². The van der Waals surface area contributed by atoms with Crippen molar-refractivity contribution in [3.63, 3.8) is 0 Å². The first kappa shape index (κ1) is 13.7. The Balaban J connectivity index is 2.65. The van der Waals surface area contributed by atoms with Gasteiger partial charge in [-0.15, -0.1) is 0 Å². The molecule has 5 heteroatoms. The van der Waals surface area contributed by atoms with Gasteiger partial charge in [-0.1, -0.05) is 20.8 Å². The molecule has 96 valence electrons. The summed E-state index contributed by atoms with van der Waals surface area (Å²) in [4.78, 5) is 19.2. The highest BCUT2D eigenvalue weighted by atomic mass is 16.2. The average Bonchev–Trinajstić information content (AvgIpc) is 2.79. The molecule has 0 aromatic carbocycles. The molecule has 0 aliphatic heterocycles. The molecule has 0 saturated carbocycles. The molecule has 1 aromatic heterocycles. The highest BCUT2D eigenvalue weighted by molar-refractivity contribution is 5.79. The van der Waals surface area contributed by atoms with Crippen LogP contribution in [0.4, 0.5) is 0 Å². The van der Waals surface area contributed by atoms with Gasteiger partial charge < -0.3 is 16.0 Å².